The van der Waals surface area contributed by atoms with Crippen molar-refractivity contribution in [3.05, 3.63) is 29.6 Å². The average Bonchev–Trinajstić information content (AvgIpc) is 1.96. The number of ketones is 1. The SMILES string of the molecule is CC(=O)Cc1cc(F)ccc1N. The summed E-state index contributed by atoms with van der Waals surface area (Å²) in [4.78, 5) is 10.7. The molecular weight excluding hydrogens is 157 g/mol. The third-order valence-electron chi connectivity index (χ3n) is 1.54. The largest absolute Gasteiger partial charge is 0.398 e. The first-order valence-electron chi connectivity index (χ1n) is 3.63. The van der Waals surface area contributed by atoms with Crippen molar-refractivity contribution in [2.24, 2.45) is 0 Å². The highest BCUT2D eigenvalue weighted by Crippen LogP contribution is 2.13. The fourth-order valence-electron chi connectivity index (χ4n) is 0.996. The molecule has 64 valence electrons. The molecule has 0 unspecified atom stereocenters. The molecule has 0 saturated heterocycles. The van der Waals surface area contributed by atoms with Crippen LogP contribution in [0.25, 0.3) is 0 Å². The predicted octanol–water partition coefficient (Wildman–Crippen LogP) is 1.54. The first-order chi connectivity index (χ1) is 5.59. The number of carbonyl (C=O) groups is 1. The summed E-state index contributed by atoms with van der Waals surface area (Å²) in [6, 6.07) is 4.03. The molecule has 12 heavy (non-hydrogen) atoms. The normalized spacial score (nSPS) is 9.83. The number of nitrogen functional groups attached to an aromatic ring is 1. The minimum Gasteiger partial charge on any atom is -0.398 e. The van der Waals surface area contributed by atoms with Crippen LogP contribution in [0, 0.1) is 5.82 Å². The Kier molecular flexibility index (Phi) is 2.43. The average molecular weight is 167 g/mol. The van der Waals surface area contributed by atoms with Crippen molar-refractivity contribution in [3.63, 3.8) is 0 Å². The summed E-state index contributed by atoms with van der Waals surface area (Å²) in [5.74, 6) is -0.382. The van der Waals surface area contributed by atoms with Crippen LogP contribution in [0.3, 0.4) is 0 Å². The van der Waals surface area contributed by atoms with Crippen molar-refractivity contribution >= 4 is 11.5 Å². The first kappa shape index (κ1) is 8.71. The highest BCUT2D eigenvalue weighted by molar-refractivity contribution is 5.79. The number of nitrogens with two attached hydrogens (primary N) is 1. The standard InChI is InChI=1S/C9H10FNO/c1-6(12)4-7-5-8(10)2-3-9(7)11/h2-3,5H,4,11H2,1H3. The second-order valence-corrected chi connectivity index (χ2v) is 2.72. The number of halogens is 1. The summed E-state index contributed by atoms with van der Waals surface area (Å²) >= 11 is 0. The van der Waals surface area contributed by atoms with Crippen LogP contribution in [-0.4, -0.2) is 5.78 Å². The number of rotatable bonds is 2. The van der Waals surface area contributed by atoms with Crippen molar-refractivity contribution in [2.75, 3.05) is 5.73 Å². The van der Waals surface area contributed by atoms with E-state index in [4.69, 9.17) is 5.73 Å². The van der Waals surface area contributed by atoms with Crippen LogP contribution >= 0.6 is 0 Å². The van der Waals surface area contributed by atoms with Crippen molar-refractivity contribution < 1.29 is 9.18 Å². The monoisotopic (exact) mass is 167 g/mol. The van der Waals surface area contributed by atoms with E-state index in [9.17, 15) is 9.18 Å². The molecule has 1 rings (SSSR count). The van der Waals surface area contributed by atoms with Gasteiger partial charge in [0.2, 0.25) is 0 Å². The predicted molar refractivity (Wildman–Crippen MR) is 45.2 cm³/mol. The van der Waals surface area contributed by atoms with E-state index >= 15 is 0 Å². The van der Waals surface area contributed by atoms with E-state index in [2.05, 4.69) is 0 Å². The van der Waals surface area contributed by atoms with Gasteiger partial charge in [0.1, 0.15) is 11.6 Å². The minimum atomic E-state index is -0.361. The Hall–Kier alpha value is -1.38. The molecule has 0 amide bonds. The molecule has 0 radical (unpaired) electrons. The smallest absolute Gasteiger partial charge is 0.134 e. The van der Waals surface area contributed by atoms with Gasteiger partial charge in [-0.2, -0.15) is 0 Å². The zero-order valence-corrected chi connectivity index (χ0v) is 6.80. The van der Waals surface area contributed by atoms with Crippen molar-refractivity contribution in [1.82, 2.24) is 0 Å². The lowest BCUT2D eigenvalue weighted by Crippen LogP contribution is -2.01. The lowest BCUT2D eigenvalue weighted by molar-refractivity contribution is -0.116. The van der Waals surface area contributed by atoms with Crippen LogP contribution in [0.2, 0.25) is 0 Å². The molecule has 0 atom stereocenters. The van der Waals surface area contributed by atoms with Crippen LogP contribution in [0.15, 0.2) is 18.2 Å². The van der Waals surface area contributed by atoms with Crippen LogP contribution in [-0.2, 0) is 11.2 Å². The lowest BCUT2D eigenvalue weighted by Gasteiger charge is -2.02. The molecule has 0 saturated carbocycles. The van der Waals surface area contributed by atoms with E-state index in [1.807, 2.05) is 0 Å². The van der Waals surface area contributed by atoms with Crippen LogP contribution in [0.4, 0.5) is 10.1 Å². The summed E-state index contributed by atoms with van der Waals surface area (Å²) in [5, 5.41) is 0. The minimum absolute atomic E-state index is 0.0210. The van der Waals surface area contributed by atoms with E-state index in [-0.39, 0.29) is 18.0 Å². The Morgan fingerprint density at radius 2 is 2.25 bits per heavy atom. The van der Waals surface area contributed by atoms with E-state index in [1.165, 1.54) is 25.1 Å². The number of Topliss-reactive ketones (excluding diaryl/α,β-unsaturated/α-hetero) is 1. The maximum atomic E-state index is 12.6. The van der Waals surface area contributed by atoms with Crippen LogP contribution < -0.4 is 5.73 Å². The third kappa shape index (κ3) is 2.05. The molecule has 0 aliphatic rings. The molecule has 0 heterocycles. The molecule has 0 fully saturated rings. The zero-order chi connectivity index (χ0) is 9.14. The highest BCUT2D eigenvalue weighted by Gasteiger charge is 2.03. The first-order valence-corrected chi connectivity index (χ1v) is 3.63. The molecular formula is C9H10FNO. The molecule has 0 spiro atoms. The molecule has 0 aromatic heterocycles. The van der Waals surface area contributed by atoms with E-state index in [0.29, 0.717) is 11.3 Å². The molecule has 2 N–H and O–H groups in total. The molecule has 0 bridgehead atoms. The quantitative estimate of drug-likeness (QED) is 0.679. The van der Waals surface area contributed by atoms with Crippen LogP contribution in [0.5, 0.6) is 0 Å². The number of carbonyl (C=O) groups excluding carboxylic acids is 1. The van der Waals surface area contributed by atoms with Gasteiger partial charge in [-0.3, -0.25) is 4.79 Å². The van der Waals surface area contributed by atoms with Gasteiger partial charge >= 0.3 is 0 Å². The Balaban J connectivity index is 2.97. The number of benzene rings is 1. The Morgan fingerprint density at radius 3 is 2.83 bits per heavy atom. The van der Waals surface area contributed by atoms with Gasteiger partial charge < -0.3 is 5.73 Å². The summed E-state index contributed by atoms with van der Waals surface area (Å²) in [6.45, 7) is 1.45. The van der Waals surface area contributed by atoms with Crippen molar-refractivity contribution in [2.45, 2.75) is 13.3 Å². The fraction of sp³-hybridized carbons (Fsp3) is 0.222. The molecule has 2 nitrogen and oxygen atoms in total. The van der Waals surface area contributed by atoms with Crippen LogP contribution in [0.1, 0.15) is 12.5 Å². The second-order valence-electron chi connectivity index (χ2n) is 2.72. The summed E-state index contributed by atoms with van der Waals surface area (Å²) in [5.41, 5.74) is 6.54. The van der Waals surface area contributed by atoms with E-state index < -0.39 is 0 Å². The Morgan fingerprint density at radius 1 is 1.58 bits per heavy atom. The molecule has 0 aliphatic heterocycles. The third-order valence-corrected chi connectivity index (χ3v) is 1.54. The number of anilines is 1. The molecule has 3 heteroatoms. The lowest BCUT2D eigenvalue weighted by atomic mass is 10.1. The summed E-state index contributed by atoms with van der Waals surface area (Å²) in [7, 11) is 0. The van der Waals surface area contributed by atoms with E-state index in [1.54, 1.807) is 0 Å². The maximum absolute atomic E-state index is 12.6. The zero-order valence-electron chi connectivity index (χ0n) is 6.80. The van der Waals surface area contributed by atoms with Gasteiger partial charge in [-0.25, -0.2) is 4.39 Å². The van der Waals surface area contributed by atoms with Crippen molar-refractivity contribution in [1.29, 1.82) is 0 Å². The summed E-state index contributed by atoms with van der Waals surface area (Å²) < 4.78 is 12.6. The second kappa shape index (κ2) is 3.34. The molecule has 1 aromatic rings. The number of hydrogen-bond donors (Lipinski definition) is 1. The molecule has 0 aliphatic carbocycles. The molecule has 1 aromatic carbocycles. The van der Waals surface area contributed by atoms with Gasteiger partial charge in [0.05, 0.1) is 0 Å². The van der Waals surface area contributed by atoms with Crippen molar-refractivity contribution in [3.8, 4) is 0 Å². The van der Waals surface area contributed by atoms with Gasteiger partial charge in [0, 0.05) is 12.1 Å². The Labute approximate surface area is 70.2 Å². The highest BCUT2D eigenvalue weighted by atomic mass is 19.1. The van der Waals surface area contributed by atoms with Gasteiger partial charge in [-0.1, -0.05) is 0 Å². The van der Waals surface area contributed by atoms with Gasteiger partial charge in [-0.05, 0) is 30.7 Å². The van der Waals surface area contributed by atoms with Gasteiger partial charge in [-0.15, -0.1) is 0 Å². The maximum Gasteiger partial charge on any atom is 0.134 e. The Bertz CT molecular complexity index is 309. The fourth-order valence-corrected chi connectivity index (χ4v) is 0.996. The van der Waals surface area contributed by atoms with Gasteiger partial charge in [0.25, 0.3) is 0 Å². The topological polar surface area (TPSA) is 43.1 Å². The number of hydrogen-bond acceptors (Lipinski definition) is 2. The van der Waals surface area contributed by atoms with E-state index in [0.717, 1.165) is 0 Å². The van der Waals surface area contributed by atoms with Gasteiger partial charge in [0.15, 0.2) is 0 Å². The summed E-state index contributed by atoms with van der Waals surface area (Å²) in [6.07, 6.45) is 0.198.